The summed E-state index contributed by atoms with van der Waals surface area (Å²) in [5, 5.41) is 19.1. The summed E-state index contributed by atoms with van der Waals surface area (Å²) >= 11 is 0. The third kappa shape index (κ3) is 3.97. The second-order valence-electron chi connectivity index (χ2n) is 9.01. The maximum atomic E-state index is 14.0. The van der Waals surface area contributed by atoms with Gasteiger partial charge >= 0.3 is 6.18 Å². The molecule has 2 aliphatic heterocycles. The van der Waals surface area contributed by atoms with Gasteiger partial charge in [-0.2, -0.15) is 18.4 Å². The number of nitrogens with two attached hydrogens (primary N) is 1. The lowest BCUT2D eigenvalue weighted by atomic mass is 9.61. The van der Waals surface area contributed by atoms with E-state index in [1.54, 1.807) is 20.8 Å². The summed E-state index contributed by atoms with van der Waals surface area (Å²) in [4.78, 5) is 23.5. The lowest BCUT2D eigenvalue weighted by Crippen LogP contribution is -2.41. The molecular weight excluding hydrogens is 475 g/mol. The monoisotopic (exact) mass is 497 g/mol. The van der Waals surface area contributed by atoms with E-state index in [9.17, 15) is 28.0 Å². The van der Waals surface area contributed by atoms with Crippen molar-refractivity contribution in [1.29, 1.82) is 5.26 Å². The lowest BCUT2D eigenvalue weighted by Gasteiger charge is -2.41. The van der Waals surface area contributed by atoms with Crippen LogP contribution in [0.1, 0.15) is 54.6 Å². The maximum absolute atomic E-state index is 14.0. The number of ether oxygens (including phenoxy) is 1. The lowest BCUT2D eigenvalue weighted by molar-refractivity contribution is -0.138. The molecule has 1 aromatic carbocycles. The zero-order valence-corrected chi connectivity index (χ0v) is 19.6. The van der Waals surface area contributed by atoms with Crippen LogP contribution in [0, 0.1) is 41.9 Å². The molecule has 2 atom stereocenters. The number of allylic oxidation sites excluding steroid dienone is 1. The van der Waals surface area contributed by atoms with Crippen LogP contribution in [0.2, 0.25) is 0 Å². The summed E-state index contributed by atoms with van der Waals surface area (Å²) in [6.45, 7) is 5.21. The number of nitrogens with one attached hydrogen (secondary N) is 2. The number of carbonyl (C=O) groups excluding carboxylic acids is 2. The number of carbonyl (C=O) groups is 2. The van der Waals surface area contributed by atoms with Gasteiger partial charge in [-0.3, -0.25) is 20.0 Å². The fraction of sp³-hybridized carbons (Fsp3) is 0.360. The van der Waals surface area contributed by atoms with Crippen molar-refractivity contribution in [3.8, 4) is 23.8 Å². The Morgan fingerprint density at radius 2 is 2.00 bits per heavy atom. The van der Waals surface area contributed by atoms with Gasteiger partial charge in [0, 0.05) is 17.7 Å². The number of nitriles is 1. The highest BCUT2D eigenvalue weighted by Crippen LogP contribution is 2.53. The van der Waals surface area contributed by atoms with Gasteiger partial charge < -0.3 is 10.5 Å². The molecule has 1 fully saturated rings. The number of rotatable bonds is 2. The normalized spacial score (nSPS) is 21.8. The van der Waals surface area contributed by atoms with E-state index < -0.39 is 40.8 Å². The second kappa shape index (κ2) is 8.76. The number of piperidine rings is 1. The van der Waals surface area contributed by atoms with Crippen LogP contribution in [-0.2, 0) is 21.2 Å². The van der Waals surface area contributed by atoms with Gasteiger partial charge in [-0.05, 0) is 43.0 Å². The summed E-state index contributed by atoms with van der Waals surface area (Å²) in [7, 11) is 0. The van der Waals surface area contributed by atoms with Gasteiger partial charge in [0.05, 0.1) is 16.5 Å². The molecule has 2 amide bonds. The number of benzene rings is 1. The van der Waals surface area contributed by atoms with E-state index in [-0.39, 0.29) is 41.3 Å². The Bertz CT molecular complexity index is 1400. The molecule has 11 heteroatoms. The molecule has 0 saturated carbocycles. The highest BCUT2D eigenvalue weighted by Gasteiger charge is 2.51. The predicted octanol–water partition coefficient (Wildman–Crippen LogP) is 3.17. The second-order valence-corrected chi connectivity index (χ2v) is 9.01. The number of imide groups is 1. The van der Waals surface area contributed by atoms with Crippen molar-refractivity contribution < 1.29 is 27.5 Å². The number of H-pyrrole nitrogens is 1. The van der Waals surface area contributed by atoms with Gasteiger partial charge in [0.1, 0.15) is 17.6 Å². The Labute approximate surface area is 204 Å². The first kappa shape index (κ1) is 24.9. The summed E-state index contributed by atoms with van der Waals surface area (Å²) in [5.74, 6) is 2.89. The zero-order valence-electron chi connectivity index (χ0n) is 19.6. The van der Waals surface area contributed by atoms with Gasteiger partial charge in [-0.15, -0.1) is 5.10 Å². The van der Waals surface area contributed by atoms with Crippen molar-refractivity contribution >= 4 is 11.8 Å². The maximum Gasteiger partial charge on any atom is 0.416 e. The number of hydrogen-bond donors (Lipinski definition) is 3. The van der Waals surface area contributed by atoms with Crippen LogP contribution >= 0.6 is 0 Å². The molecule has 0 aliphatic carbocycles. The Morgan fingerprint density at radius 3 is 2.61 bits per heavy atom. The topological polar surface area (TPSA) is 134 Å². The first-order valence-electron chi connectivity index (χ1n) is 11.1. The molecule has 2 aliphatic rings. The Kier molecular flexibility index (Phi) is 6.05. The SMILES string of the molecule is Cc1[nH]nc2c1C(c1cc(C#CC3CCC(=O)NC3=O)cc(C(F)(F)F)c1)(C(C)C)C(C#N)=C(N)O2. The van der Waals surface area contributed by atoms with Crippen molar-refractivity contribution in [2.75, 3.05) is 0 Å². The minimum Gasteiger partial charge on any atom is -0.420 e. The number of aryl methyl sites for hydroxylation is 1. The van der Waals surface area contributed by atoms with Crippen LogP contribution in [-0.4, -0.2) is 22.0 Å². The van der Waals surface area contributed by atoms with Crippen molar-refractivity contribution in [3.05, 3.63) is 57.6 Å². The van der Waals surface area contributed by atoms with E-state index in [0.29, 0.717) is 11.3 Å². The standard InChI is InChI=1S/C25H22F3N5O3/c1-12(2)24(18(11-29)21(30)36-23-20(24)13(3)32-33-23)16-8-14(9-17(10-16)25(26,27)28)4-5-15-6-7-19(34)31-22(15)35/h8-10,12,15H,6-7,30H2,1-3H3,(H,32,33)(H,31,34,35). The minimum absolute atomic E-state index is 0.00500. The van der Waals surface area contributed by atoms with Crippen LogP contribution in [0.25, 0.3) is 0 Å². The molecule has 4 rings (SSSR count). The Morgan fingerprint density at radius 1 is 1.28 bits per heavy atom. The van der Waals surface area contributed by atoms with E-state index in [1.807, 2.05) is 6.07 Å². The molecule has 0 spiro atoms. The van der Waals surface area contributed by atoms with Crippen LogP contribution in [0.15, 0.2) is 29.7 Å². The molecule has 36 heavy (non-hydrogen) atoms. The molecule has 4 N–H and O–H groups in total. The van der Waals surface area contributed by atoms with Crippen LogP contribution in [0.4, 0.5) is 13.2 Å². The van der Waals surface area contributed by atoms with Crippen molar-refractivity contribution in [3.63, 3.8) is 0 Å². The molecule has 8 nitrogen and oxygen atoms in total. The molecule has 0 radical (unpaired) electrons. The van der Waals surface area contributed by atoms with E-state index in [1.165, 1.54) is 6.07 Å². The smallest absolute Gasteiger partial charge is 0.416 e. The van der Waals surface area contributed by atoms with Gasteiger partial charge in [0.25, 0.3) is 0 Å². The number of halogens is 3. The number of nitrogens with zero attached hydrogens (tertiary/aromatic N) is 2. The molecule has 2 unspecified atom stereocenters. The minimum atomic E-state index is -4.72. The molecular formula is C25H22F3N5O3. The van der Waals surface area contributed by atoms with Crippen LogP contribution in [0.5, 0.6) is 5.88 Å². The molecule has 1 saturated heterocycles. The van der Waals surface area contributed by atoms with Gasteiger partial charge in [0.15, 0.2) is 0 Å². The summed E-state index contributed by atoms with van der Waals surface area (Å²) in [6.07, 6.45) is -4.46. The van der Waals surface area contributed by atoms with E-state index >= 15 is 0 Å². The molecule has 186 valence electrons. The van der Waals surface area contributed by atoms with E-state index in [0.717, 1.165) is 12.1 Å². The number of fused-ring (bicyclic) bond motifs is 1. The van der Waals surface area contributed by atoms with Crippen LogP contribution in [0.3, 0.4) is 0 Å². The van der Waals surface area contributed by atoms with Crippen molar-refractivity contribution in [2.24, 2.45) is 17.6 Å². The highest BCUT2D eigenvalue weighted by molar-refractivity contribution is 5.99. The fourth-order valence-electron chi connectivity index (χ4n) is 4.86. The summed E-state index contributed by atoms with van der Waals surface area (Å²) in [6, 6.07) is 5.36. The van der Waals surface area contributed by atoms with Gasteiger partial charge in [-0.25, -0.2) is 0 Å². The number of aromatic amines is 1. The zero-order chi connectivity index (χ0) is 26.4. The molecule has 0 bridgehead atoms. The number of amides is 2. The van der Waals surface area contributed by atoms with Gasteiger partial charge in [-0.1, -0.05) is 25.7 Å². The van der Waals surface area contributed by atoms with E-state index in [2.05, 4.69) is 27.4 Å². The molecule has 3 heterocycles. The average Bonchev–Trinajstić information content (AvgIpc) is 3.16. The quantitative estimate of drug-likeness (QED) is 0.431. The first-order valence-corrected chi connectivity index (χ1v) is 11.1. The Hall–Kier alpha value is -4.25. The number of aromatic nitrogens is 2. The van der Waals surface area contributed by atoms with Crippen molar-refractivity contribution in [1.82, 2.24) is 15.5 Å². The summed E-state index contributed by atoms with van der Waals surface area (Å²) in [5.41, 5.74) is 4.67. The summed E-state index contributed by atoms with van der Waals surface area (Å²) < 4.78 is 47.6. The third-order valence-electron chi connectivity index (χ3n) is 6.48. The molecule has 1 aromatic heterocycles. The molecule has 2 aromatic rings. The number of hydrogen-bond acceptors (Lipinski definition) is 6. The Balaban J connectivity index is 1.98. The fourth-order valence-corrected chi connectivity index (χ4v) is 4.86. The average molecular weight is 497 g/mol. The first-order chi connectivity index (χ1) is 16.9. The largest absolute Gasteiger partial charge is 0.420 e. The van der Waals surface area contributed by atoms with Crippen molar-refractivity contribution in [2.45, 2.75) is 45.2 Å². The van der Waals surface area contributed by atoms with Crippen LogP contribution < -0.4 is 15.8 Å². The number of alkyl halides is 3. The van der Waals surface area contributed by atoms with Gasteiger partial charge in [0.2, 0.25) is 23.6 Å². The third-order valence-corrected chi connectivity index (χ3v) is 6.48. The highest BCUT2D eigenvalue weighted by atomic mass is 19.4. The predicted molar refractivity (Wildman–Crippen MR) is 121 cm³/mol. The van der Waals surface area contributed by atoms with E-state index in [4.69, 9.17) is 10.5 Å².